The maximum atomic E-state index is 13.2. The molecule has 29 heavy (non-hydrogen) atoms. The molecule has 0 radical (unpaired) electrons. The minimum Gasteiger partial charge on any atom is -0.451 e. The van der Waals surface area contributed by atoms with Crippen LogP contribution in [0.1, 0.15) is 9.67 Å². The highest BCUT2D eigenvalue weighted by molar-refractivity contribution is 7.89. The molecule has 0 atom stereocenters. The molecule has 2 aromatic carbocycles. The molecule has 3 rings (SSSR count). The van der Waals surface area contributed by atoms with E-state index in [1.165, 1.54) is 56.6 Å². The van der Waals surface area contributed by atoms with Gasteiger partial charge in [0.15, 0.2) is 6.61 Å². The summed E-state index contributed by atoms with van der Waals surface area (Å²) in [7, 11) is -0.831. The van der Waals surface area contributed by atoms with Gasteiger partial charge in [-0.1, -0.05) is 6.07 Å². The lowest BCUT2D eigenvalue weighted by Gasteiger charge is -2.12. The number of carbonyl (C=O) groups excluding carboxylic acids is 2. The largest absolute Gasteiger partial charge is 0.451 e. The van der Waals surface area contributed by atoms with E-state index in [2.05, 4.69) is 5.32 Å². The summed E-state index contributed by atoms with van der Waals surface area (Å²) in [4.78, 5) is 24.5. The summed E-state index contributed by atoms with van der Waals surface area (Å²) in [6, 6.07) is 11.4. The van der Waals surface area contributed by atoms with Crippen LogP contribution in [0.3, 0.4) is 0 Å². The molecule has 0 aliphatic rings. The molecular formula is C19H17FN2O5S2. The van der Waals surface area contributed by atoms with Gasteiger partial charge in [0.05, 0.1) is 4.90 Å². The normalized spacial score (nSPS) is 11.6. The molecule has 0 unspecified atom stereocenters. The van der Waals surface area contributed by atoms with Gasteiger partial charge in [0.2, 0.25) is 10.0 Å². The van der Waals surface area contributed by atoms with E-state index in [-0.39, 0.29) is 15.5 Å². The molecule has 0 spiro atoms. The van der Waals surface area contributed by atoms with Crippen LogP contribution in [0.2, 0.25) is 0 Å². The van der Waals surface area contributed by atoms with Crippen molar-refractivity contribution in [3.63, 3.8) is 0 Å². The summed E-state index contributed by atoms with van der Waals surface area (Å²) in [5, 5.41) is 3.06. The Bertz CT molecular complexity index is 1190. The first-order valence-electron chi connectivity index (χ1n) is 8.35. The number of carbonyl (C=O) groups is 2. The standard InChI is InChI=1S/C19H17FN2O5S2/c1-22(2)29(25,26)15-5-3-4-14(10-15)21-18(23)11-27-19(24)17-9-12-8-13(20)6-7-16(12)28-17/h3-10H,11H2,1-2H3,(H,21,23). The fraction of sp³-hybridized carbons (Fsp3) is 0.158. The summed E-state index contributed by atoms with van der Waals surface area (Å²) < 4.78 is 44.3. The number of hydrogen-bond acceptors (Lipinski definition) is 6. The molecule has 0 bridgehead atoms. The van der Waals surface area contributed by atoms with Crippen molar-refractivity contribution in [3.05, 3.63) is 59.2 Å². The molecule has 7 nitrogen and oxygen atoms in total. The van der Waals surface area contributed by atoms with Gasteiger partial charge in [-0.15, -0.1) is 11.3 Å². The Labute approximate surface area is 170 Å². The number of ether oxygens (including phenoxy) is 1. The third kappa shape index (κ3) is 4.78. The second-order valence-electron chi connectivity index (χ2n) is 6.23. The Morgan fingerprint density at radius 2 is 1.90 bits per heavy atom. The summed E-state index contributed by atoms with van der Waals surface area (Å²) in [5.74, 6) is -1.73. The van der Waals surface area contributed by atoms with Crippen LogP contribution in [0.4, 0.5) is 10.1 Å². The first-order valence-corrected chi connectivity index (χ1v) is 10.6. The van der Waals surface area contributed by atoms with Crippen molar-refractivity contribution in [1.29, 1.82) is 0 Å². The van der Waals surface area contributed by atoms with Crippen molar-refractivity contribution < 1.29 is 27.1 Å². The lowest BCUT2D eigenvalue weighted by molar-refractivity contribution is -0.119. The van der Waals surface area contributed by atoms with Gasteiger partial charge in [-0.05, 0) is 47.9 Å². The molecule has 3 aromatic rings. The van der Waals surface area contributed by atoms with Crippen molar-refractivity contribution in [2.75, 3.05) is 26.0 Å². The summed E-state index contributed by atoms with van der Waals surface area (Å²) in [5.41, 5.74) is 0.256. The summed E-state index contributed by atoms with van der Waals surface area (Å²) in [6.07, 6.45) is 0. The number of anilines is 1. The smallest absolute Gasteiger partial charge is 0.348 e. The number of benzene rings is 2. The first-order chi connectivity index (χ1) is 13.7. The van der Waals surface area contributed by atoms with Crippen LogP contribution < -0.4 is 5.32 Å². The number of fused-ring (bicyclic) bond motifs is 1. The first kappa shape index (κ1) is 20.9. The highest BCUT2D eigenvalue weighted by Crippen LogP contribution is 2.26. The molecular weight excluding hydrogens is 419 g/mol. The number of thiophene rings is 1. The fourth-order valence-electron chi connectivity index (χ4n) is 2.46. The average molecular weight is 436 g/mol. The van der Waals surface area contributed by atoms with Crippen molar-refractivity contribution in [1.82, 2.24) is 4.31 Å². The Morgan fingerprint density at radius 3 is 2.62 bits per heavy atom. The topological polar surface area (TPSA) is 92.8 Å². The number of hydrogen-bond donors (Lipinski definition) is 1. The maximum Gasteiger partial charge on any atom is 0.348 e. The van der Waals surface area contributed by atoms with E-state index in [1.54, 1.807) is 6.07 Å². The van der Waals surface area contributed by atoms with Crippen LogP contribution >= 0.6 is 11.3 Å². The zero-order chi connectivity index (χ0) is 21.2. The monoisotopic (exact) mass is 436 g/mol. The van der Waals surface area contributed by atoms with E-state index in [0.717, 1.165) is 20.3 Å². The van der Waals surface area contributed by atoms with Crippen LogP contribution in [-0.2, 0) is 19.6 Å². The van der Waals surface area contributed by atoms with Crippen LogP contribution in [0.5, 0.6) is 0 Å². The van der Waals surface area contributed by atoms with Gasteiger partial charge >= 0.3 is 5.97 Å². The fourth-order valence-corrected chi connectivity index (χ4v) is 4.34. The second-order valence-corrected chi connectivity index (χ2v) is 9.47. The van der Waals surface area contributed by atoms with E-state index in [0.29, 0.717) is 5.39 Å². The van der Waals surface area contributed by atoms with Gasteiger partial charge in [-0.2, -0.15) is 0 Å². The van der Waals surface area contributed by atoms with Crippen molar-refractivity contribution in [2.24, 2.45) is 0 Å². The highest BCUT2D eigenvalue weighted by atomic mass is 32.2. The third-order valence-corrected chi connectivity index (χ3v) is 6.82. The van der Waals surface area contributed by atoms with E-state index in [1.807, 2.05) is 0 Å². The van der Waals surface area contributed by atoms with Gasteiger partial charge in [-0.3, -0.25) is 4.79 Å². The lowest BCUT2D eigenvalue weighted by atomic mass is 10.2. The summed E-state index contributed by atoms with van der Waals surface area (Å²) >= 11 is 1.13. The highest BCUT2D eigenvalue weighted by Gasteiger charge is 2.18. The number of halogens is 1. The zero-order valence-corrected chi connectivity index (χ0v) is 17.1. The predicted octanol–water partition coefficient (Wildman–Crippen LogP) is 3.09. The molecule has 1 amide bonds. The third-order valence-electron chi connectivity index (χ3n) is 3.91. The molecule has 0 saturated carbocycles. The van der Waals surface area contributed by atoms with Gasteiger partial charge in [0, 0.05) is 24.5 Å². The van der Waals surface area contributed by atoms with Crippen LogP contribution in [0, 0.1) is 5.82 Å². The predicted molar refractivity (Wildman–Crippen MR) is 108 cm³/mol. The Balaban J connectivity index is 1.63. The van der Waals surface area contributed by atoms with Crippen molar-refractivity contribution in [3.8, 4) is 0 Å². The molecule has 1 aromatic heterocycles. The second kappa shape index (κ2) is 8.27. The van der Waals surface area contributed by atoms with Gasteiger partial charge < -0.3 is 10.1 Å². The zero-order valence-electron chi connectivity index (χ0n) is 15.5. The molecule has 0 saturated heterocycles. The van der Waals surface area contributed by atoms with E-state index in [4.69, 9.17) is 4.74 Å². The number of nitrogens with zero attached hydrogens (tertiary/aromatic N) is 1. The SMILES string of the molecule is CN(C)S(=O)(=O)c1cccc(NC(=O)COC(=O)c2cc3cc(F)ccc3s2)c1. The van der Waals surface area contributed by atoms with Crippen molar-refractivity contribution >= 4 is 49.0 Å². The van der Waals surface area contributed by atoms with Gasteiger partial charge in [0.1, 0.15) is 10.7 Å². The molecule has 1 heterocycles. The number of nitrogens with one attached hydrogen (secondary N) is 1. The summed E-state index contributed by atoms with van der Waals surface area (Å²) in [6.45, 7) is -0.550. The minimum atomic E-state index is -3.64. The van der Waals surface area contributed by atoms with E-state index < -0.39 is 34.3 Å². The lowest BCUT2D eigenvalue weighted by Crippen LogP contribution is -2.23. The molecule has 0 fully saturated rings. The van der Waals surface area contributed by atoms with Crippen LogP contribution in [0.15, 0.2) is 53.4 Å². The van der Waals surface area contributed by atoms with Gasteiger partial charge in [0.25, 0.3) is 5.91 Å². The molecule has 10 heteroatoms. The van der Waals surface area contributed by atoms with E-state index >= 15 is 0 Å². The van der Waals surface area contributed by atoms with Crippen LogP contribution in [0.25, 0.3) is 10.1 Å². The number of amides is 1. The Morgan fingerprint density at radius 1 is 1.14 bits per heavy atom. The quantitative estimate of drug-likeness (QED) is 0.600. The number of sulfonamides is 1. The molecule has 0 aliphatic heterocycles. The minimum absolute atomic E-state index is 0.0230. The molecule has 152 valence electrons. The maximum absolute atomic E-state index is 13.2. The average Bonchev–Trinajstić information content (AvgIpc) is 3.09. The van der Waals surface area contributed by atoms with Gasteiger partial charge in [-0.25, -0.2) is 21.9 Å². The van der Waals surface area contributed by atoms with E-state index in [9.17, 15) is 22.4 Å². The Hall–Kier alpha value is -2.82. The molecule has 0 aliphatic carbocycles. The Kier molecular flexibility index (Phi) is 5.96. The molecule has 1 N–H and O–H groups in total. The van der Waals surface area contributed by atoms with Crippen LogP contribution in [-0.4, -0.2) is 45.3 Å². The number of rotatable bonds is 6. The van der Waals surface area contributed by atoms with Crippen molar-refractivity contribution in [2.45, 2.75) is 4.90 Å². The number of esters is 1.